The van der Waals surface area contributed by atoms with Crippen LogP contribution in [-0.4, -0.2) is 11.0 Å². The molecule has 0 aliphatic carbocycles. The summed E-state index contributed by atoms with van der Waals surface area (Å²) in [7, 11) is 0. The Morgan fingerprint density at radius 1 is 1.10 bits per heavy atom. The van der Waals surface area contributed by atoms with Crippen molar-refractivity contribution in [3.05, 3.63) is 60.4 Å². The van der Waals surface area contributed by atoms with Gasteiger partial charge in [-0.15, -0.1) is 0 Å². The molecule has 0 fully saturated rings. The molecule has 1 heterocycles. The van der Waals surface area contributed by atoms with Crippen molar-refractivity contribution in [2.24, 2.45) is 0 Å². The minimum absolute atomic E-state index is 0.123. The standard InChI is InChI=1S/C16H13NO3/c18-13-7-5-12(6-8-13)17-16(19)9-11-10-20-15-4-2-1-3-14(11)15/h1-8,10,18H,9H2,(H,17,19). The molecule has 1 amide bonds. The first-order valence-corrected chi connectivity index (χ1v) is 6.26. The highest BCUT2D eigenvalue weighted by Crippen LogP contribution is 2.21. The summed E-state index contributed by atoms with van der Waals surface area (Å²) < 4.78 is 5.40. The molecular formula is C16H13NO3. The number of hydrogen-bond donors (Lipinski definition) is 2. The van der Waals surface area contributed by atoms with Crippen LogP contribution in [0.15, 0.2) is 59.2 Å². The summed E-state index contributed by atoms with van der Waals surface area (Å²) >= 11 is 0. The van der Waals surface area contributed by atoms with Crippen molar-refractivity contribution in [3.8, 4) is 5.75 Å². The van der Waals surface area contributed by atoms with Crippen LogP contribution in [-0.2, 0) is 11.2 Å². The van der Waals surface area contributed by atoms with Gasteiger partial charge in [0.05, 0.1) is 12.7 Å². The van der Waals surface area contributed by atoms with Crippen molar-refractivity contribution in [1.29, 1.82) is 0 Å². The van der Waals surface area contributed by atoms with Crippen LogP contribution in [0.2, 0.25) is 0 Å². The van der Waals surface area contributed by atoms with Crippen molar-refractivity contribution in [2.45, 2.75) is 6.42 Å². The summed E-state index contributed by atoms with van der Waals surface area (Å²) in [5.74, 6) is 0.0473. The molecule has 0 bridgehead atoms. The molecule has 2 N–H and O–H groups in total. The molecule has 0 saturated heterocycles. The molecule has 1 aromatic heterocycles. The zero-order valence-electron chi connectivity index (χ0n) is 10.7. The Labute approximate surface area is 115 Å². The lowest BCUT2D eigenvalue weighted by Gasteiger charge is -2.04. The maximum absolute atomic E-state index is 12.0. The minimum Gasteiger partial charge on any atom is -0.508 e. The number of carbonyl (C=O) groups is 1. The Morgan fingerprint density at radius 2 is 1.85 bits per heavy atom. The number of benzene rings is 2. The largest absolute Gasteiger partial charge is 0.508 e. The summed E-state index contributed by atoms with van der Waals surface area (Å²) in [6.07, 6.45) is 1.86. The van der Waals surface area contributed by atoms with E-state index in [1.54, 1.807) is 18.4 Å². The molecule has 0 atom stereocenters. The molecule has 4 heteroatoms. The van der Waals surface area contributed by atoms with Crippen LogP contribution in [0.3, 0.4) is 0 Å². The number of aromatic hydroxyl groups is 1. The van der Waals surface area contributed by atoms with Gasteiger partial charge in [0.2, 0.25) is 5.91 Å². The zero-order valence-corrected chi connectivity index (χ0v) is 10.7. The monoisotopic (exact) mass is 267 g/mol. The average Bonchev–Trinajstić information content (AvgIpc) is 2.85. The maximum atomic E-state index is 12.0. The van der Waals surface area contributed by atoms with Crippen LogP contribution in [0, 0.1) is 0 Å². The second kappa shape index (κ2) is 5.09. The van der Waals surface area contributed by atoms with E-state index in [2.05, 4.69) is 5.32 Å². The number of anilines is 1. The van der Waals surface area contributed by atoms with Gasteiger partial charge in [-0.05, 0) is 30.3 Å². The summed E-state index contributed by atoms with van der Waals surface area (Å²) in [5.41, 5.74) is 2.29. The lowest BCUT2D eigenvalue weighted by atomic mass is 10.1. The fourth-order valence-electron chi connectivity index (χ4n) is 2.09. The van der Waals surface area contributed by atoms with Gasteiger partial charge in [-0.1, -0.05) is 18.2 Å². The van der Waals surface area contributed by atoms with Crippen LogP contribution < -0.4 is 5.32 Å². The topological polar surface area (TPSA) is 62.5 Å². The summed E-state index contributed by atoms with van der Waals surface area (Å²) in [5, 5.41) is 12.9. The van der Waals surface area contributed by atoms with Gasteiger partial charge < -0.3 is 14.8 Å². The Hall–Kier alpha value is -2.75. The highest BCUT2D eigenvalue weighted by Gasteiger charge is 2.10. The fraction of sp³-hybridized carbons (Fsp3) is 0.0625. The van der Waals surface area contributed by atoms with Gasteiger partial charge in [0.25, 0.3) is 0 Å². The van der Waals surface area contributed by atoms with Crippen molar-refractivity contribution in [3.63, 3.8) is 0 Å². The zero-order chi connectivity index (χ0) is 13.9. The molecule has 2 aromatic carbocycles. The first-order valence-electron chi connectivity index (χ1n) is 6.26. The average molecular weight is 267 g/mol. The molecule has 3 rings (SSSR count). The summed E-state index contributed by atoms with van der Waals surface area (Å²) in [6, 6.07) is 14.0. The lowest BCUT2D eigenvalue weighted by molar-refractivity contribution is -0.115. The molecule has 20 heavy (non-hydrogen) atoms. The van der Waals surface area contributed by atoms with Crippen LogP contribution in [0.5, 0.6) is 5.75 Å². The Bertz CT molecular complexity index is 744. The second-order valence-electron chi connectivity index (χ2n) is 4.53. The van der Waals surface area contributed by atoms with Crippen molar-refractivity contribution >= 4 is 22.6 Å². The highest BCUT2D eigenvalue weighted by atomic mass is 16.3. The van der Waals surface area contributed by atoms with E-state index < -0.39 is 0 Å². The normalized spacial score (nSPS) is 10.6. The summed E-state index contributed by atoms with van der Waals surface area (Å²) in [4.78, 5) is 12.0. The minimum atomic E-state index is -0.123. The number of hydrogen-bond acceptors (Lipinski definition) is 3. The highest BCUT2D eigenvalue weighted by molar-refractivity contribution is 5.95. The van der Waals surface area contributed by atoms with Gasteiger partial charge in [0, 0.05) is 16.6 Å². The lowest BCUT2D eigenvalue weighted by Crippen LogP contribution is -2.13. The number of phenols is 1. The van der Waals surface area contributed by atoms with Gasteiger partial charge in [-0.2, -0.15) is 0 Å². The molecule has 100 valence electrons. The Morgan fingerprint density at radius 3 is 2.65 bits per heavy atom. The maximum Gasteiger partial charge on any atom is 0.228 e. The van der Waals surface area contributed by atoms with Gasteiger partial charge >= 0.3 is 0 Å². The number of fused-ring (bicyclic) bond motifs is 1. The number of nitrogens with one attached hydrogen (secondary N) is 1. The molecule has 0 aliphatic rings. The van der Waals surface area contributed by atoms with E-state index in [0.29, 0.717) is 5.69 Å². The van der Waals surface area contributed by atoms with Crippen LogP contribution >= 0.6 is 0 Å². The van der Waals surface area contributed by atoms with E-state index >= 15 is 0 Å². The van der Waals surface area contributed by atoms with E-state index in [1.807, 2.05) is 24.3 Å². The predicted molar refractivity (Wildman–Crippen MR) is 76.7 cm³/mol. The second-order valence-corrected chi connectivity index (χ2v) is 4.53. The molecule has 0 spiro atoms. The fourth-order valence-corrected chi connectivity index (χ4v) is 2.09. The van der Waals surface area contributed by atoms with Gasteiger partial charge in [0.1, 0.15) is 11.3 Å². The quantitative estimate of drug-likeness (QED) is 0.715. The van der Waals surface area contributed by atoms with Crippen LogP contribution in [0.25, 0.3) is 11.0 Å². The molecule has 3 aromatic rings. The van der Waals surface area contributed by atoms with Gasteiger partial charge in [0.15, 0.2) is 0 Å². The van der Waals surface area contributed by atoms with Crippen molar-refractivity contribution in [1.82, 2.24) is 0 Å². The smallest absolute Gasteiger partial charge is 0.228 e. The first kappa shape index (κ1) is 12.3. The Kier molecular flexibility index (Phi) is 3.13. The van der Waals surface area contributed by atoms with Crippen LogP contribution in [0.1, 0.15) is 5.56 Å². The number of amides is 1. The molecule has 0 unspecified atom stereocenters. The van der Waals surface area contributed by atoms with E-state index in [0.717, 1.165) is 16.5 Å². The predicted octanol–water partition coefficient (Wildman–Crippen LogP) is 3.32. The van der Waals surface area contributed by atoms with Gasteiger partial charge in [-0.3, -0.25) is 4.79 Å². The first-order chi connectivity index (χ1) is 9.72. The molecule has 4 nitrogen and oxygen atoms in total. The van der Waals surface area contributed by atoms with Crippen molar-refractivity contribution in [2.75, 3.05) is 5.32 Å². The number of furan rings is 1. The van der Waals surface area contributed by atoms with Gasteiger partial charge in [-0.25, -0.2) is 0 Å². The number of rotatable bonds is 3. The third-order valence-corrected chi connectivity index (χ3v) is 3.06. The third kappa shape index (κ3) is 2.49. The number of para-hydroxylation sites is 1. The van der Waals surface area contributed by atoms with E-state index in [1.165, 1.54) is 12.1 Å². The number of carbonyl (C=O) groups excluding carboxylic acids is 1. The Balaban J connectivity index is 1.74. The van der Waals surface area contributed by atoms with E-state index in [-0.39, 0.29) is 18.1 Å². The molecule has 0 aliphatic heterocycles. The number of phenolic OH excluding ortho intramolecular Hbond substituents is 1. The third-order valence-electron chi connectivity index (χ3n) is 3.06. The van der Waals surface area contributed by atoms with E-state index in [4.69, 9.17) is 4.42 Å². The molecule has 0 radical (unpaired) electrons. The van der Waals surface area contributed by atoms with Crippen LogP contribution in [0.4, 0.5) is 5.69 Å². The SMILES string of the molecule is O=C(Cc1coc2ccccc12)Nc1ccc(O)cc1. The molecule has 0 saturated carbocycles. The van der Waals surface area contributed by atoms with E-state index in [9.17, 15) is 9.90 Å². The van der Waals surface area contributed by atoms with Crippen molar-refractivity contribution < 1.29 is 14.3 Å². The molecular weight excluding hydrogens is 254 g/mol. The summed E-state index contributed by atoms with van der Waals surface area (Å²) in [6.45, 7) is 0.